The molecule has 2 heteroatoms. The van der Waals surface area contributed by atoms with Gasteiger partial charge >= 0.3 is 0 Å². The van der Waals surface area contributed by atoms with Crippen LogP contribution in [0.2, 0.25) is 0 Å². The molecule has 0 fully saturated rings. The van der Waals surface area contributed by atoms with Crippen molar-refractivity contribution in [3.8, 4) is 0 Å². The highest BCUT2D eigenvalue weighted by molar-refractivity contribution is 7.81. The lowest BCUT2D eigenvalue weighted by molar-refractivity contribution is 1.18. The van der Waals surface area contributed by atoms with Crippen LogP contribution in [0.25, 0.3) is 10.8 Å². The maximum absolute atomic E-state index is 5.50. The van der Waals surface area contributed by atoms with Gasteiger partial charge in [0.15, 0.2) is 0 Å². The first kappa shape index (κ1) is 9.55. The van der Waals surface area contributed by atoms with Crippen LogP contribution in [0.3, 0.4) is 0 Å². The van der Waals surface area contributed by atoms with E-state index >= 15 is 0 Å². The van der Waals surface area contributed by atoms with Gasteiger partial charge in [-0.15, -0.1) is 6.58 Å². The minimum absolute atomic E-state index is 0.770. The number of hydrogen-bond donors (Lipinski definition) is 0. The second-order valence-electron chi connectivity index (χ2n) is 3.89. The van der Waals surface area contributed by atoms with E-state index in [4.69, 9.17) is 12.2 Å². The van der Waals surface area contributed by atoms with Crippen LogP contribution in [-0.2, 0) is 0 Å². The maximum Gasteiger partial charge on any atom is 0.114 e. The molecule has 0 atom stereocenters. The summed E-state index contributed by atoms with van der Waals surface area (Å²) in [7, 11) is 0. The molecule has 2 aromatic rings. The summed E-state index contributed by atoms with van der Waals surface area (Å²) < 4.78 is 0. The number of rotatable bonds is 2. The van der Waals surface area contributed by atoms with Crippen molar-refractivity contribution in [1.29, 1.82) is 0 Å². The standard InChI is InChI=1S/C14H11NS/c1-2-9-15-12-8-4-6-10-5-3-7-11(13(10)12)14(15)16/h2-8H,1,9H2. The smallest absolute Gasteiger partial charge is 0.114 e. The van der Waals surface area contributed by atoms with Crippen molar-refractivity contribution in [2.24, 2.45) is 0 Å². The Kier molecular flexibility index (Phi) is 2.04. The summed E-state index contributed by atoms with van der Waals surface area (Å²) in [6.45, 7) is 4.55. The molecule has 0 bridgehead atoms. The Balaban J connectivity index is 2.35. The van der Waals surface area contributed by atoms with Gasteiger partial charge in [0, 0.05) is 17.5 Å². The molecule has 16 heavy (non-hydrogen) atoms. The second kappa shape index (κ2) is 3.42. The zero-order chi connectivity index (χ0) is 11.1. The Morgan fingerprint density at radius 2 is 1.94 bits per heavy atom. The highest BCUT2D eigenvalue weighted by atomic mass is 32.1. The molecular formula is C14H11NS. The molecule has 1 heterocycles. The second-order valence-corrected chi connectivity index (χ2v) is 4.27. The maximum atomic E-state index is 5.50. The number of nitrogens with zero attached hydrogens (tertiary/aromatic N) is 1. The Morgan fingerprint density at radius 3 is 2.69 bits per heavy atom. The van der Waals surface area contributed by atoms with Crippen molar-refractivity contribution in [3.63, 3.8) is 0 Å². The van der Waals surface area contributed by atoms with Gasteiger partial charge < -0.3 is 4.90 Å². The van der Waals surface area contributed by atoms with Crippen molar-refractivity contribution >= 4 is 33.7 Å². The van der Waals surface area contributed by atoms with Crippen LogP contribution in [0.1, 0.15) is 5.56 Å². The molecule has 0 radical (unpaired) electrons. The van der Waals surface area contributed by atoms with Crippen molar-refractivity contribution in [2.75, 3.05) is 11.4 Å². The Bertz CT molecular complexity index is 595. The lowest BCUT2D eigenvalue weighted by atomic mass is 10.1. The van der Waals surface area contributed by atoms with Gasteiger partial charge in [-0.05, 0) is 11.5 Å². The van der Waals surface area contributed by atoms with E-state index in [9.17, 15) is 0 Å². The van der Waals surface area contributed by atoms with Crippen LogP contribution in [0, 0.1) is 0 Å². The predicted octanol–water partition coefficient (Wildman–Crippen LogP) is 3.52. The first-order valence-corrected chi connectivity index (χ1v) is 5.68. The molecule has 0 aromatic heterocycles. The van der Waals surface area contributed by atoms with E-state index in [0.29, 0.717) is 0 Å². The summed E-state index contributed by atoms with van der Waals surface area (Å²) in [5, 5.41) is 2.53. The fourth-order valence-corrected chi connectivity index (χ4v) is 2.63. The number of thiocarbonyl (C=S) groups is 1. The molecule has 3 rings (SSSR count). The summed E-state index contributed by atoms with van der Waals surface area (Å²) in [5.74, 6) is 0. The molecule has 0 aliphatic carbocycles. The van der Waals surface area contributed by atoms with Gasteiger partial charge in [0.25, 0.3) is 0 Å². The van der Waals surface area contributed by atoms with Gasteiger partial charge in [-0.3, -0.25) is 0 Å². The van der Waals surface area contributed by atoms with E-state index in [-0.39, 0.29) is 0 Å². The van der Waals surface area contributed by atoms with E-state index in [2.05, 4.69) is 47.9 Å². The SMILES string of the molecule is C=CCN1C(=S)c2cccc3cccc1c23. The van der Waals surface area contributed by atoms with Crippen LogP contribution in [-0.4, -0.2) is 11.5 Å². The van der Waals surface area contributed by atoms with Gasteiger partial charge in [0.05, 0.1) is 5.69 Å². The fourth-order valence-electron chi connectivity index (χ4n) is 2.29. The van der Waals surface area contributed by atoms with Crippen LogP contribution >= 0.6 is 12.2 Å². The van der Waals surface area contributed by atoms with E-state index in [1.807, 2.05) is 6.08 Å². The van der Waals surface area contributed by atoms with E-state index in [1.54, 1.807) is 0 Å². The molecule has 1 nitrogen and oxygen atoms in total. The summed E-state index contributed by atoms with van der Waals surface area (Å²) in [4.78, 5) is 3.05. The normalized spacial score (nSPS) is 13.5. The van der Waals surface area contributed by atoms with Gasteiger partial charge in [-0.25, -0.2) is 0 Å². The molecule has 0 saturated carbocycles. The highest BCUT2D eigenvalue weighted by Gasteiger charge is 2.24. The third kappa shape index (κ3) is 1.14. The zero-order valence-corrected chi connectivity index (χ0v) is 9.63. The van der Waals surface area contributed by atoms with Crippen molar-refractivity contribution in [3.05, 3.63) is 54.6 Å². The molecule has 0 spiro atoms. The average molecular weight is 225 g/mol. The average Bonchev–Trinajstić information content (AvgIpc) is 2.58. The minimum atomic E-state index is 0.770. The lowest BCUT2D eigenvalue weighted by Gasteiger charge is -2.17. The Morgan fingerprint density at radius 1 is 1.19 bits per heavy atom. The number of anilines is 1. The molecule has 0 N–H and O–H groups in total. The number of hydrogen-bond acceptors (Lipinski definition) is 1. The predicted molar refractivity (Wildman–Crippen MR) is 73.2 cm³/mol. The highest BCUT2D eigenvalue weighted by Crippen LogP contribution is 2.37. The van der Waals surface area contributed by atoms with E-state index in [0.717, 1.165) is 11.5 Å². The largest absolute Gasteiger partial charge is 0.328 e. The molecular weight excluding hydrogens is 214 g/mol. The van der Waals surface area contributed by atoms with Crippen LogP contribution in [0.4, 0.5) is 5.69 Å². The first-order chi connectivity index (χ1) is 7.83. The zero-order valence-electron chi connectivity index (χ0n) is 8.81. The van der Waals surface area contributed by atoms with Crippen LogP contribution < -0.4 is 4.90 Å². The van der Waals surface area contributed by atoms with Gasteiger partial charge in [0.1, 0.15) is 4.99 Å². The Hall–Kier alpha value is -1.67. The summed E-state index contributed by atoms with van der Waals surface area (Å²) in [6, 6.07) is 12.6. The topological polar surface area (TPSA) is 3.24 Å². The summed E-state index contributed by atoms with van der Waals surface area (Å²) in [5.41, 5.74) is 2.38. The molecule has 2 aromatic carbocycles. The monoisotopic (exact) mass is 225 g/mol. The van der Waals surface area contributed by atoms with Gasteiger partial charge in [-0.1, -0.05) is 48.6 Å². The quantitative estimate of drug-likeness (QED) is 0.568. The Labute approximate surface area is 100.0 Å². The van der Waals surface area contributed by atoms with Crippen LogP contribution in [0.5, 0.6) is 0 Å². The van der Waals surface area contributed by atoms with Crippen LogP contribution in [0.15, 0.2) is 49.1 Å². The van der Waals surface area contributed by atoms with Gasteiger partial charge in [0.2, 0.25) is 0 Å². The minimum Gasteiger partial charge on any atom is -0.328 e. The van der Waals surface area contributed by atoms with E-state index in [1.165, 1.54) is 22.0 Å². The molecule has 78 valence electrons. The molecule has 0 unspecified atom stereocenters. The fraction of sp³-hybridized carbons (Fsp3) is 0.0714. The third-order valence-electron chi connectivity index (χ3n) is 2.96. The third-order valence-corrected chi connectivity index (χ3v) is 3.40. The molecule has 1 aliphatic rings. The molecule has 0 amide bonds. The molecule has 1 aliphatic heterocycles. The van der Waals surface area contributed by atoms with Gasteiger partial charge in [-0.2, -0.15) is 0 Å². The van der Waals surface area contributed by atoms with Crippen molar-refractivity contribution < 1.29 is 0 Å². The lowest BCUT2D eigenvalue weighted by Crippen LogP contribution is -2.25. The first-order valence-electron chi connectivity index (χ1n) is 5.27. The summed E-state index contributed by atoms with van der Waals surface area (Å²) in [6.07, 6.45) is 1.89. The van der Waals surface area contributed by atoms with Crippen molar-refractivity contribution in [2.45, 2.75) is 0 Å². The van der Waals surface area contributed by atoms with E-state index < -0.39 is 0 Å². The number of benzene rings is 2. The molecule has 0 saturated heterocycles. The van der Waals surface area contributed by atoms with Crippen molar-refractivity contribution in [1.82, 2.24) is 0 Å². The summed E-state index contributed by atoms with van der Waals surface area (Å²) >= 11 is 5.50.